The van der Waals surface area contributed by atoms with Gasteiger partial charge in [-0.3, -0.25) is 4.79 Å². The van der Waals surface area contributed by atoms with Crippen molar-refractivity contribution in [3.05, 3.63) is 52.7 Å². The van der Waals surface area contributed by atoms with E-state index in [9.17, 15) is 23.1 Å². The van der Waals surface area contributed by atoms with Crippen LogP contribution < -0.4 is 4.90 Å². The molecule has 0 saturated carbocycles. The zero-order chi connectivity index (χ0) is 20.3. The number of alkyl halides is 3. The van der Waals surface area contributed by atoms with Crippen molar-refractivity contribution in [3.63, 3.8) is 0 Å². The molecule has 1 aromatic carbocycles. The van der Waals surface area contributed by atoms with Crippen LogP contribution in [0.3, 0.4) is 0 Å². The van der Waals surface area contributed by atoms with E-state index in [4.69, 9.17) is 11.6 Å². The molecule has 1 N–H and O–H groups in total. The topological polar surface area (TPSA) is 56.7 Å². The molecule has 0 bridgehead atoms. The molecule has 0 aliphatic carbocycles. The summed E-state index contributed by atoms with van der Waals surface area (Å²) in [4.78, 5) is 19.9. The van der Waals surface area contributed by atoms with Crippen LogP contribution >= 0.6 is 11.6 Å². The monoisotopic (exact) mass is 413 g/mol. The van der Waals surface area contributed by atoms with E-state index in [2.05, 4.69) is 4.98 Å². The molecule has 1 aliphatic heterocycles. The first-order valence-corrected chi connectivity index (χ1v) is 9.16. The number of phenols is 1. The summed E-state index contributed by atoms with van der Waals surface area (Å²) in [6.07, 6.45) is -3.01. The highest BCUT2D eigenvalue weighted by atomic mass is 35.5. The largest absolute Gasteiger partial charge is 0.508 e. The van der Waals surface area contributed by atoms with E-state index >= 15 is 0 Å². The van der Waals surface area contributed by atoms with E-state index in [-0.39, 0.29) is 28.9 Å². The Kier molecular flexibility index (Phi) is 5.98. The molecule has 150 valence electrons. The van der Waals surface area contributed by atoms with Gasteiger partial charge in [0.15, 0.2) is 0 Å². The highest BCUT2D eigenvalue weighted by molar-refractivity contribution is 6.33. The van der Waals surface area contributed by atoms with Crippen LogP contribution in [0.2, 0.25) is 5.02 Å². The van der Waals surface area contributed by atoms with E-state index in [0.29, 0.717) is 38.2 Å². The minimum atomic E-state index is -4.50. The smallest absolute Gasteiger partial charge is 0.417 e. The Morgan fingerprint density at radius 3 is 2.61 bits per heavy atom. The molecule has 0 unspecified atom stereocenters. The lowest BCUT2D eigenvalue weighted by atomic mass is 10.1. The Balaban J connectivity index is 1.66. The van der Waals surface area contributed by atoms with Crippen LogP contribution in [0.5, 0.6) is 5.75 Å². The van der Waals surface area contributed by atoms with Crippen LogP contribution in [0.25, 0.3) is 0 Å². The molecule has 9 heteroatoms. The van der Waals surface area contributed by atoms with Crippen molar-refractivity contribution in [1.29, 1.82) is 0 Å². The van der Waals surface area contributed by atoms with Gasteiger partial charge in [0.25, 0.3) is 0 Å². The van der Waals surface area contributed by atoms with Crippen molar-refractivity contribution >= 4 is 23.3 Å². The lowest BCUT2D eigenvalue weighted by molar-refractivity contribution is -0.137. The number of halogens is 4. The van der Waals surface area contributed by atoms with Crippen molar-refractivity contribution in [1.82, 2.24) is 9.88 Å². The zero-order valence-corrected chi connectivity index (χ0v) is 15.7. The van der Waals surface area contributed by atoms with Crippen molar-refractivity contribution < 1.29 is 23.1 Å². The first-order valence-electron chi connectivity index (χ1n) is 8.78. The second-order valence-corrected chi connectivity index (χ2v) is 6.96. The molecule has 0 radical (unpaired) electrons. The Morgan fingerprint density at radius 1 is 1.18 bits per heavy atom. The molecule has 1 aromatic heterocycles. The lowest BCUT2D eigenvalue weighted by Crippen LogP contribution is -2.36. The fraction of sp³-hybridized carbons (Fsp3) is 0.368. The Morgan fingerprint density at radius 2 is 1.93 bits per heavy atom. The summed E-state index contributed by atoms with van der Waals surface area (Å²) in [5.74, 6) is 0.243. The van der Waals surface area contributed by atoms with E-state index in [1.807, 2.05) is 0 Å². The number of nitrogens with zero attached hydrogens (tertiary/aromatic N) is 3. The number of phenolic OH excluding ortho intramolecular Hbond substituents is 1. The number of benzene rings is 1. The summed E-state index contributed by atoms with van der Waals surface area (Å²) in [5.41, 5.74) is -0.336. The first kappa shape index (κ1) is 20.3. The summed E-state index contributed by atoms with van der Waals surface area (Å²) < 4.78 is 38.3. The normalized spacial score (nSPS) is 15.4. The van der Waals surface area contributed by atoms with Crippen molar-refractivity contribution in [2.75, 3.05) is 31.1 Å². The predicted octanol–water partition coefficient (Wildman–Crippen LogP) is 3.74. The highest BCUT2D eigenvalue weighted by Gasteiger charge is 2.32. The predicted molar refractivity (Wildman–Crippen MR) is 99.5 cm³/mol. The van der Waals surface area contributed by atoms with Gasteiger partial charge in [-0.15, -0.1) is 0 Å². The summed E-state index contributed by atoms with van der Waals surface area (Å²) in [5, 5.41) is 9.77. The minimum Gasteiger partial charge on any atom is -0.508 e. The Labute approximate surface area is 165 Å². The molecule has 5 nitrogen and oxygen atoms in total. The third-order valence-corrected chi connectivity index (χ3v) is 4.91. The molecule has 1 saturated heterocycles. The van der Waals surface area contributed by atoms with Gasteiger partial charge in [-0.2, -0.15) is 13.2 Å². The highest BCUT2D eigenvalue weighted by Crippen LogP contribution is 2.33. The fourth-order valence-electron chi connectivity index (χ4n) is 3.13. The molecule has 3 rings (SSSR count). The number of aromatic hydroxyl groups is 1. The standard InChI is InChI=1S/C19H19ClF3N3O2/c20-15-11-14(19(21,22)23)12-24-18(15)26-7-3-6-25(8-9-26)17(28)10-13-4-1-2-5-16(13)27/h1-2,4-5,11-12,27H,3,6-10H2. The molecule has 1 fully saturated rings. The summed E-state index contributed by atoms with van der Waals surface area (Å²) in [6.45, 7) is 1.84. The average Bonchev–Trinajstić information content (AvgIpc) is 2.89. The molecule has 2 aromatic rings. The number of carbonyl (C=O) groups excluding carboxylic acids is 1. The average molecular weight is 414 g/mol. The number of amides is 1. The van der Waals surface area contributed by atoms with Gasteiger partial charge in [0, 0.05) is 37.9 Å². The maximum atomic E-state index is 12.8. The van der Waals surface area contributed by atoms with Crippen LogP contribution in [0.4, 0.5) is 19.0 Å². The Hall–Kier alpha value is -2.48. The third kappa shape index (κ3) is 4.67. The quantitative estimate of drug-likeness (QED) is 0.832. The number of pyridine rings is 1. The van der Waals surface area contributed by atoms with Crippen molar-refractivity contribution in [2.24, 2.45) is 0 Å². The number of para-hydroxylation sites is 1. The molecule has 1 amide bonds. The van der Waals surface area contributed by atoms with E-state index in [1.165, 1.54) is 6.07 Å². The second-order valence-electron chi connectivity index (χ2n) is 6.55. The zero-order valence-electron chi connectivity index (χ0n) is 14.9. The maximum absolute atomic E-state index is 12.8. The SMILES string of the molecule is O=C(Cc1ccccc1O)N1CCCN(c2ncc(C(F)(F)F)cc2Cl)CC1. The number of hydrogen-bond acceptors (Lipinski definition) is 4. The van der Waals surface area contributed by atoms with Crippen LogP contribution in [0, 0.1) is 0 Å². The van der Waals surface area contributed by atoms with Gasteiger partial charge in [-0.1, -0.05) is 29.8 Å². The Bertz CT molecular complexity index is 861. The van der Waals surface area contributed by atoms with E-state index < -0.39 is 11.7 Å². The molecule has 0 spiro atoms. The van der Waals surface area contributed by atoms with Crippen LogP contribution in [0.1, 0.15) is 17.5 Å². The van der Waals surface area contributed by atoms with Gasteiger partial charge in [-0.05, 0) is 18.6 Å². The molecule has 0 atom stereocenters. The van der Waals surface area contributed by atoms with Crippen molar-refractivity contribution in [3.8, 4) is 5.75 Å². The van der Waals surface area contributed by atoms with E-state index in [1.54, 1.807) is 28.0 Å². The number of rotatable bonds is 3. The van der Waals surface area contributed by atoms with Gasteiger partial charge >= 0.3 is 6.18 Å². The minimum absolute atomic E-state index is 0.0659. The summed E-state index contributed by atoms with van der Waals surface area (Å²) >= 11 is 6.03. The fourth-order valence-corrected chi connectivity index (χ4v) is 3.42. The summed E-state index contributed by atoms with van der Waals surface area (Å²) in [6, 6.07) is 7.54. The van der Waals surface area contributed by atoms with Gasteiger partial charge in [0.05, 0.1) is 17.0 Å². The van der Waals surface area contributed by atoms with Crippen molar-refractivity contribution in [2.45, 2.75) is 19.0 Å². The van der Waals surface area contributed by atoms with Crippen LogP contribution in [-0.2, 0) is 17.4 Å². The van der Waals surface area contributed by atoms with E-state index in [0.717, 1.165) is 12.3 Å². The lowest BCUT2D eigenvalue weighted by Gasteiger charge is -2.24. The molecule has 2 heterocycles. The third-order valence-electron chi connectivity index (χ3n) is 4.63. The van der Waals surface area contributed by atoms with Crippen LogP contribution in [0.15, 0.2) is 36.5 Å². The molecular formula is C19H19ClF3N3O2. The number of aromatic nitrogens is 1. The second kappa shape index (κ2) is 8.26. The first-order chi connectivity index (χ1) is 13.3. The van der Waals surface area contributed by atoms with Gasteiger partial charge in [0.2, 0.25) is 5.91 Å². The molecular weight excluding hydrogens is 395 g/mol. The number of carbonyl (C=O) groups is 1. The molecule has 1 aliphatic rings. The van der Waals surface area contributed by atoms with Crippen LogP contribution in [-0.4, -0.2) is 47.1 Å². The summed E-state index contributed by atoms with van der Waals surface area (Å²) in [7, 11) is 0. The van der Waals surface area contributed by atoms with Gasteiger partial charge < -0.3 is 14.9 Å². The van der Waals surface area contributed by atoms with Gasteiger partial charge in [-0.25, -0.2) is 4.98 Å². The molecule has 28 heavy (non-hydrogen) atoms. The van der Waals surface area contributed by atoms with Gasteiger partial charge in [0.1, 0.15) is 11.6 Å². The number of anilines is 1. The maximum Gasteiger partial charge on any atom is 0.417 e. The number of hydrogen-bond donors (Lipinski definition) is 1.